The Balaban J connectivity index is 1.87. The van der Waals surface area contributed by atoms with Gasteiger partial charge in [0.05, 0.1) is 0 Å². The second kappa shape index (κ2) is 8.23. The van der Waals surface area contributed by atoms with E-state index in [9.17, 15) is 4.79 Å². The zero-order valence-electron chi connectivity index (χ0n) is 15.5. The van der Waals surface area contributed by atoms with Gasteiger partial charge in [0.2, 0.25) is 5.78 Å². The van der Waals surface area contributed by atoms with Crippen LogP contribution in [0.5, 0.6) is 0 Å². The van der Waals surface area contributed by atoms with Crippen LogP contribution in [0.4, 0.5) is 5.82 Å². The molecule has 0 saturated carbocycles. The smallest absolute Gasteiger partial charge is 0.213 e. The molecular weight excluding hydrogens is 324 g/mol. The number of hydrogen-bond donors (Lipinski definition) is 1. The van der Waals surface area contributed by atoms with E-state index in [-0.39, 0.29) is 5.78 Å². The zero-order chi connectivity index (χ0) is 18.5. The average Bonchev–Trinajstić information content (AvgIpc) is 2.67. The first-order valence-corrected chi connectivity index (χ1v) is 9.15. The van der Waals surface area contributed by atoms with Crippen molar-refractivity contribution < 1.29 is 4.79 Å². The predicted molar refractivity (Wildman–Crippen MR) is 105 cm³/mol. The molecule has 3 rings (SSSR count). The van der Waals surface area contributed by atoms with Crippen LogP contribution in [0.25, 0.3) is 6.08 Å². The van der Waals surface area contributed by atoms with Crippen molar-refractivity contribution in [2.24, 2.45) is 5.92 Å². The van der Waals surface area contributed by atoms with E-state index in [0.29, 0.717) is 23.2 Å². The second-order valence-electron chi connectivity index (χ2n) is 7.11. The molecule has 1 aliphatic heterocycles. The van der Waals surface area contributed by atoms with Crippen molar-refractivity contribution in [2.75, 3.05) is 24.5 Å². The normalized spacial score (nSPS) is 17.3. The number of ketones is 1. The van der Waals surface area contributed by atoms with Gasteiger partial charge in [0.1, 0.15) is 11.5 Å². The molecule has 0 spiro atoms. The number of hydrogen-bond acceptors (Lipinski definition) is 5. The molecule has 2 aromatic heterocycles. The first kappa shape index (κ1) is 18.3. The van der Waals surface area contributed by atoms with Gasteiger partial charge >= 0.3 is 0 Å². The SMILES string of the molecule is C=Cc1ccc(N2CCN[C@@H](CC(C)C)C2)nc1C(=O)c1cccnc1. The van der Waals surface area contributed by atoms with E-state index in [1.54, 1.807) is 30.6 Å². The van der Waals surface area contributed by atoms with Crippen LogP contribution in [-0.2, 0) is 0 Å². The summed E-state index contributed by atoms with van der Waals surface area (Å²) < 4.78 is 0. The largest absolute Gasteiger partial charge is 0.354 e. The van der Waals surface area contributed by atoms with Crippen LogP contribution in [0.15, 0.2) is 43.2 Å². The molecule has 5 nitrogen and oxygen atoms in total. The lowest BCUT2D eigenvalue weighted by Crippen LogP contribution is -2.51. The predicted octanol–water partition coefficient (Wildman–Crippen LogP) is 3.17. The summed E-state index contributed by atoms with van der Waals surface area (Å²) in [6, 6.07) is 7.88. The molecule has 0 unspecified atom stereocenters. The van der Waals surface area contributed by atoms with Crippen molar-refractivity contribution in [1.29, 1.82) is 0 Å². The summed E-state index contributed by atoms with van der Waals surface area (Å²) in [6.07, 6.45) is 6.04. The molecule has 1 atom stereocenters. The van der Waals surface area contributed by atoms with Gasteiger partial charge in [-0.1, -0.05) is 26.5 Å². The minimum Gasteiger partial charge on any atom is -0.354 e. The van der Waals surface area contributed by atoms with Gasteiger partial charge in [-0.15, -0.1) is 0 Å². The molecule has 0 aliphatic carbocycles. The fraction of sp³-hybridized carbons (Fsp3) is 0.381. The third-order valence-corrected chi connectivity index (χ3v) is 4.61. The van der Waals surface area contributed by atoms with Crippen LogP contribution in [0, 0.1) is 5.92 Å². The third kappa shape index (κ3) is 4.17. The van der Waals surface area contributed by atoms with E-state index in [0.717, 1.165) is 37.4 Å². The monoisotopic (exact) mass is 350 g/mol. The number of rotatable bonds is 6. The minimum atomic E-state index is -0.122. The summed E-state index contributed by atoms with van der Waals surface area (Å²) in [7, 11) is 0. The van der Waals surface area contributed by atoms with Gasteiger partial charge in [0.25, 0.3) is 0 Å². The summed E-state index contributed by atoms with van der Waals surface area (Å²) in [6.45, 7) is 11.0. The summed E-state index contributed by atoms with van der Waals surface area (Å²) in [5.74, 6) is 1.37. The highest BCUT2D eigenvalue weighted by molar-refractivity contribution is 6.09. The van der Waals surface area contributed by atoms with Gasteiger partial charge in [-0.25, -0.2) is 4.98 Å². The lowest BCUT2D eigenvalue weighted by Gasteiger charge is -2.35. The maximum absolute atomic E-state index is 12.9. The maximum atomic E-state index is 12.9. The molecule has 0 radical (unpaired) electrons. The Bertz CT molecular complexity index is 773. The van der Waals surface area contributed by atoms with Crippen LogP contribution in [0.1, 0.15) is 41.9 Å². The Morgan fingerprint density at radius 3 is 2.96 bits per heavy atom. The van der Waals surface area contributed by atoms with E-state index < -0.39 is 0 Å². The Kier molecular flexibility index (Phi) is 5.78. The molecule has 5 heteroatoms. The van der Waals surface area contributed by atoms with Crippen LogP contribution < -0.4 is 10.2 Å². The Morgan fingerprint density at radius 1 is 1.42 bits per heavy atom. The molecule has 1 fully saturated rings. The molecule has 2 aromatic rings. The van der Waals surface area contributed by atoms with Crippen LogP contribution in [0.2, 0.25) is 0 Å². The highest BCUT2D eigenvalue weighted by atomic mass is 16.1. The molecule has 1 N–H and O–H groups in total. The molecular formula is C21H26N4O. The second-order valence-corrected chi connectivity index (χ2v) is 7.11. The molecule has 0 bridgehead atoms. The van der Waals surface area contributed by atoms with Gasteiger partial charge in [-0.05, 0) is 36.6 Å². The minimum absolute atomic E-state index is 0.122. The summed E-state index contributed by atoms with van der Waals surface area (Å²) in [5, 5.41) is 3.58. The lowest BCUT2D eigenvalue weighted by molar-refractivity contribution is 0.103. The van der Waals surface area contributed by atoms with Crippen molar-refractivity contribution in [1.82, 2.24) is 15.3 Å². The quantitative estimate of drug-likeness (QED) is 0.811. The van der Waals surface area contributed by atoms with Crippen molar-refractivity contribution in [2.45, 2.75) is 26.3 Å². The number of carbonyl (C=O) groups is 1. The molecule has 1 aliphatic rings. The fourth-order valence-electron chi connectivity index (χ4n) is 3.38. The number of pyridine rings is 2. The highest BCUT2D eigenvalue weighted by Gasteiger charge is 2.23. The maximum Gasteiger partial charge on any atom is 0.213 e. The number of nitrogens with one attached hydrogen (secondary N) is 1. The molecule has 26 heavy (non-hydrogen) atoms. The first-order chi connectivity index (χ1) is 12.6. The first-order valence-electron chi connectivity index (χ1n) is 9.15. The standard InChI is InChI=1S/C21H26N4O/c1-4-16-7-8-19(25-11-10-23-18(14-25)12-15(2)3)24-20(16)21(26)17-6-5-9-22-13-17/h4-9,13,15,18,23H,1,10-12,14H2,2-3H3/t18-/m0/s1. The summed E-state index contributed by atoms with van der Waals surface area (Å²) in [4.78, 5) is 23.9. The zero-order valence-corrected chi connectivity index (χ0v) is 15.5. The lowest BCUT2D eigenvalue weighted by atomic mass is 10.0. The molecule has 1 saturated heterocycles. The van der Waals surface area contributed by atoms with Crippen molar-refractivity contribution >= 4 is 17.7 Å². The summed E-state index contributed by atoms with van der Waals surface area (Å²) >= 11 is 0. The Hall–Kier alpha value is -2.53. The van der Waals surface area contributed by atoms with E-state index >= 15 is 0 Å². The average molecular weight is 350 g/mol. The fourth-order valence-corrected chi connectivity index (χ4v) is 3.38. The van der Waals surface area contributed by atoms with E-state index in [1.165, 1.54) is 0 Å². The number of piperazine rings is 1. The van der Waals surface area contributed by atoms with Crippen molar-refractivity contribution in [3.05, 3.63) is 60.1 Å². The van der Waals surface area contributed by atoms with Gasteiger partial charge in [0.15, 0.2) is 0 Å². The highest BCUT2D eigenvalue weighted by Crippen LogP contribution is 2.21. The summed E-state index contributed by atoms with van der Waals surface area (Å²) in [5.41, 5.74) is 1.72. The number of aromatic nitrogens is 2. The van der Waals surface area contributed by atoms with E-state index in [2.05, 4.69) is 35.6 Å². The molecule has 0 amide bonds. The molecule has 3 heterocycles. The van der Waals surface area contributed by atoms with Gasteiger partial charge in [0, 0.05) is 49.2 Å². The van der Waals surface area contributed by atoms with Gasteiger partial charge in [-0.2, -0.15) is 0 Å². The third-order valence-electron chi connectivity index (χ3n) is 4.61. The van der Waals surface area contributed by atoms with Gasteiger partial charge in [-0.3, -0.25) is 9.78 Å². The Labute approximate surface area is 155 Å². The molecule has 136 valence electrons. The van der Waals surface area contributed by atoms with E-state index in [1.807, 2.05) is 12.1 Å². The van der Waals surface area contributed by atoms with Gasteiger partial charge < -0.3 is 10.2 Å². The number of nitrogens with zero attached hydrogens (tertiary/aromatic N) is 3. The Morgan fingerprint density at radius 2 is 2.27 bits per heavy atom. The van der Waals surface area contributed by atoms with Crippen molar-refractivity contribution in [3.63, 3.8) is 0 Å². The van der Waals surface area contributed by atoms with Crippen LogP contribution >= 0.6 is 0 Å². The topological polar surface area (TPSA) is 58.1 Å². The molecule has 0 aromatic carbocycles. The van der Waals surface area contributed by atoms with Crippen LogP contribution in [0.3, 0.4) is 0 Å². The van der Waals surface area contributed by atoms with Crippen molar-refractivity contribution in [3.8, 4) is 0 Å². The van der Waals surface area contributed by atoms with E-state index in [4.69, 9.17) is 4.98 Å². The number of carbonyl (C=O) groups excluding carboxylic acids is 1. The van der Waals surface area contributed by atoms with Crippen LogP contribution in [-0.4, -0.2) is 41.4 Å². The number of anilines is 1.